The predicted octanol–water partition coefficient (Wildman–Crippen LogP) is 2.31. The van der Waals surface area contributed by atoms with Gasteiger partial charge in [0.05, 0.1) is 17.6 Å². The molecule has 164 valence electrons. The molecule has 1 aromatic carbocycles. The minimum atomic E-state index is -0.276. The Morgan fingerprint density at radius 1 is 1.06 bits per heavy atom. The highest BCUT2D eigenvalue weighted by Gasteiger charge is 2.21. The van der Waals surface area contributed by atoms with E-state index in [2.05, 4.69) is 24.8 Å². The number of ether oxygens (including phenoxy) is 1. The number of carbonyl (C=O) groups is 1. The van der Waals surface area contributed by atoms with E-state index in [0.29, 0.717) is 49.5 Å². The molecule has 0 saturated carbocycles. The summed E-state index contributed by atoms with van der Waals surface area (Å²) in [4.78, 5) is 42.3. The van der Waals surface area contributed by atoms with E-state index < -0.39 is 0 Å². The lowest BCUT2D eigenvalue weighted by Crippen LogP contribution is -2.49. The number of aromatic nitrogens is 4. The van der Waals surface area contributed by atoms with E-state index in [1.165, 1.54) is 0 Å². The highest BCUT2D eigenvalue weighted by molar-refractivity contribution is 5.90. The molecule has 1 saturated heterocycles. The summed E-state index contributed by atoms with van der Waals surface area (Å²) in [6, 6.07) is 13.4. The second kappa shape index (κ2) is 8.70. The Bertz CT molecular complexity index is 1290. The highest BCUT2D eigenvalue weighted by atomic mass is 16.5. The van der Waals surface area contributed by atoms with Crippen molar-refractivity contribution in [2.45, 2.75) is 12.8 Å². The van der Waals surface area contributed by atoms with Gasteiger partial charge < -0.3 is 19.5 Å². The summed E-state index contributed by atoms with van der Waals surface area (Å²) in [5.41, 5.74) is 1.70. The van der Waals surface area contributed by atoms with Crippen molar-refractivity contribution in [1.82, 2.24) is 24.8 Å². The van der Waals surface area contributed by atoms with Crippen LogP contribution in [0.2, 0.25) is 0 Å². The van der Waals surface area contributed by atoms with Gasteiger partial charge in [0, 0.05) is 44.2 Å². The summed E-state index contributed by atoms with van der Waals surface area (Å²) in [6.07, 6.45) is 2.91. The van der Waals surface area contributed by atoms with Crippen molar-refractivity contribution in [3.8, 4) is 5.75 Å². The number of piperazine rings is 1. The summed E-state index contributed by atoms with van der Waals surface area (Å²) in [6.45, 7) is 3.48. The molecule has 0 atom stereocenters. The number of hydrogen-bond donors (Lipinski definition) is 2. The largest absolute Gasteiger partial charge is 0.494 e. The third-order valence-electron chi connectivity index (χ3n) is 5.68. The number of nitrogens with zero attached hydrogens (tertiary/aromatic N) is 4. The van der Waals surface area contributed by atoms with Crippen LogP contribution in [0.4, 0.5) is 5.82 Å². The van der Waals surface area contributed by atoms with Gasteiger partial charge in [0.15, 0.2) is 5.65 Å². The van der Waals surface area contributed by atoms with Crippen molar-refractivity contribution in [2.24, 2.45) is 0 Å². The lowest BCUT2D eigenvalue weighted by atomic mass is 10.2. The molecule has 0 aliphatic carbocycles. The van der Waals surface area contributed by atoms with Gasteiger partial charge >= 0.3 is 5.69 Å². The number of nitrogens with one attached hydrogen (secondary N) is 2. The molecule has 4 heterocycles. The zero-order valence-corrected chi connectivity index (χ0v) is 17.6. The summed E-state index contributed by atoms with van der Waals surface area (Å²) in [7, 11) is 0. The van der Waals surface area contributed by atoms with Gasteiger partial charge in [-0.05, 0) is 42.8 Å². The van der Waals surface area contributed by atoms with E-state index in [-0.39, 0.29) is 11.6 Å². The molecule has 1 aliphatic rings. The molecule has 5 rings (SSSR count). The molecule has 9 heteroatoms. The molecule has 1 fully saturated rings. The van der Waals surface area contributed by atoms with E-state index in [1.807, 2.05) is 47.4 Å². The van der Waals surface area contributed by atoms with E-state index >= 15 is 0 Å². The smallest absolute Gasteiger partial charge is 0.325 e. The lowest BCUT2D eigenvalue weighted by Gasteiger charge is -2.35. The minimum absolute atomic E-state index is 0.163. The number of pyridine rings is 2. The molecule has 1 aliphatic heterocycles. The maximum absolute atomic E-state index is 12.5. The molecule has 3 aromatic heterocycles. The molecule has 2 N–H and O–H groups in total. The van der Waals surface area contributed by atoms with Gasteiger partial charge in [-0.2, -0.15) is 0 Å². The molecule has 32 heavy (non-hydrogen) atoms. The maximum Gasteiger partial charge on any atom is 0.325 e. The molecule has 4 aromatic rings. The first-order valence-electron chi connectivity index (χ1n) is 10.7. The van der Waals surface area contributed by atoms with Gasteiger partial charge in [-0.25, -0.2) is 14.8 Å². The molecule has 0 radical (unpaired) electrons. The van der Waals surface area contributed by atoms with Crippen molar-refractivity contribution >= 4 is 33.8 Å². The van der Waals surface area contributed by atoms with Gasteiger partial charge in [-0.1, -0.05) is 6.07 Å². The zero-order valence-electron chi connectivity index (χ0n) is 17.6. The summed E-state index contributed by atoms with van der Waals surface area (Å²) in [5, 5.41) is 0.882. The fourth-order valence-electron chi connectivity index (χ4n) is 3.99. The molecular weight excluding hydrogens is 408 g/mol. The van der Waals surface area contributed by atoms with Crippen molar-refractivity contribution in [3.63, 3.8) is 0 Å². The molecule has 9 nitrogen and oxygen atoms in total. The zero-order chi connectivity index (χ0) is 21.9. The lowest BCUT2D eigenvalue weighted by molar-refractivity contribution is -0.131. The highest BCUT2D eigenvalue weighted by Crippen LogP contribution is 2.22. The normalized spacial score (nSPS) is 14.2. The van der Waals surface area contributed by atoms with Gasteiger partial charge in [-0.3, -0.25) is 9.78 Å². The Balaban J connectivity index is 1.10. The van der Waals surface area contributed by atoms with Crippen molar-refractivity contribution in [3.05, 3.63) is 59.1 Å². The van der Waals surface area contributed by atoms with Crippen LogP contribution in [0, 0.1) is 0 Å². The minimum Gasteiger partial charge on any atom is -0.494 e. The molecule has 1 amide bonds. The second-order valence-corrected chi connectivity index (χ2v) is 7.83. The summed E-state index contributed by atoms with van der Waals surface area (Å²) in [5.74, 6) is 1.84. The SMILES string of the molecule is O=C(CCCOc1ccc2nc3[nH]c(=O)[nH]c3cc2c1)N1CCN(c2ccccn2)CC1. The number of rotatable bonds is 6. The average molecular weight is 432 g/mol. The Kier molecular flexibility index (Phi) is 5.45. The van der Waals surface area contributed by atoms with E-state index in [0.717, 1.165) is 29.8 Å². The number of amides is 1. The maximum atomic E-state index is 12.5. The number of hydrogen-bond acceptors (Lipinski definition) is 6. The second-order valence-electron chi connectivity index (χ2n) is 7.83. The Morgan fingerprint density at radius 2 is 1.94 bits per heavy atom. The summed E-state index contributed by atoms with van der Waals surface area (Å²) < 4.78 is 5.85. The number of anilines is 1. The van der Waals surface area contributed by atoms with Crippen molar-refractivity contribution in [2.75, 3.05) is 37.7 Å². The van der Waals surface area contributed by atoms with Gasteiger partial charge in [-0.15, -0.1) is 0 Å². The Hall–Kier alpha value is -3.88. The van der Waals surface area contributed by atoms with Crippen LogP contribution in [0.3, 0.4) is 0 Å². The van der Waals surface area contributed by atoms with Gasteiger partial charge in [0.2, 0.25) is 5.91 Å². The van der Waals surface area contributed by atoms with E-state index in [1.54, 1.807) is 6.20 Å². The van der Waals surface area contributed by atoms with Crippen LogP contribution in [0.5, 0.6) is 5.75 Å². The molecular formula is C23H24N6O3. The first kappa shape index (κ1) is 20.0. The predicted molar refractivity (Wildman–Crippen MR) is 122 cm³/mol. The van der Waals surface area contributed by atoms with Crippen LogP contribution in [-0.4, -0.2) is 63.5 Å². The Labute approximate surface area is 184 Å². The van der Waals surface area contributed by atoms with Crippen LogP contribution in [0.1, 0.15) is 12.8 Å². The number of carbonyl (C=O) groups excluding carboxylic acids is 1. The number of benzene rings is 1. The van der Waals surface area contributed by atoms with Gasteiger partial charge in [0.1, 0.15) is 11.6 Å². The number of fused-ring (bicyclic) bond motifs is 2. The van der Waals surface area contributed by atoms with Gasteiger partial charge in [0.25, 0.3) is 0 Å². The number of aromatic amines is 2. The fourth-order valence-corrected chi connectivity index (χ4v) is 3.99. The molecule has 0 bridgehead atoms. The van der Waals surface area contributed by atoms with Crippen LogP contribution in [0.25, 0.3) is 22.1 Å². The standard InChI is InChI=1S/C23H24N6O3/c30-21(29-11-9-28(10-12-29)20-4-1-2-8-24-20)5-3-13-32-17-6-7-18-16(14-17)15-19-22(25-18)27-23(31)26-19/h1-2,4,6-8,14-15H,3,5,9-13H2,(H2,25,26,27,31). The van der Waals surface area contributed by atoms with Crippen LogP contribution < -0.4 is 15.3 Å². The number of imidazole rings is 1. The topological polar surface area (TPSA) is 107 Å². The van der Waals surface area contributed by atoms with Crippen LogP contribution in [-0.2, 0) is 4.79 Å². The third kappa shape index (κ3) is 4.27. The first-order valence-corrected chi connectivity index (χ1v) is 10.7. The molecule has 0 unspecified atom stereocenters. The third-order valence-corrected chi connectivity index (χ3v) is 5.68. The molecule has 0 spiro atoms. The number of H-pyrrole nitrogens is 2. The summed E-state index contributed by atoms with van der Waals surface area (Å²) >= 11 is 0. The Morgan fingerprint density at radius 3 is 2.75 bits per heavy atom. The van der Waals surface area contributed by atoms with E-state index in [9.17, 15) is 9.59 Å². The monoisotopic (exact) mass is 432 g/mol. The van der Waals surface area contributed by atoms with Crippen LogP contribution in [0.15, 0.2) is 53.5 Å². The van der Waals surface area contributed by atoms with Crippen LogP contribution >= 0.6 is 0 Å². The quantitative estimate of drug-likeness (QED) is 0.453. The van der Waals surface area contributed by atoms with Crippen molar-refractivity contribution in [1.29, 1.82) is 0 Å². The van der Waals surface area contributed by atoms with E-state index in [4.69, 9.17) is 4.74 Å². The van der Waals surface area contributed by atoms with Crippen molar-refractivity contribution < 1.29 is 9.53 Å². The average Bonchev–Trinajstić information content (AvgIpc) is 3.19. The first-order chi connectivity index (χ1) is 15.7. The fraction of sp³-hybridized carbons (Fsp3) is 0.304.